The molecular formula is C54H40N2. The van der Waals surface area contributed by atoms with E-state index >= 15 is 0 Å². The smallest absolute Gasteiger partial charge is 0.0468 e. The van der Waals surface area contributed by atoms with Crippen LogP contribution in [0, 0.1) is 0 Å². The van der Waals surface area contributed by atoms with Crippen molar-refractivity contribution in [1.82, 2.24) is 0 Å². The molecule has 0 aliphatic heterocycles. The lowest BCUT2D eigenvalue weighted by atomic mass is 9.79. The molecule has 2 aliphatic rings. The van der Waals surface area contributed by atoms with Crippen LogP contribution in [-0.4, -0.2) is 0 Å². The van der Waals surface area contributed by atoms with Crippen LogP contribution in [0.1, 0.15) is 22.3 Å². The number of hydrogen-bond donors (Lipinski definition) is 0. The van der Waals surface area contributed by atoms with Crippen molar-refractivity contribution in [2.45, 2.75) is 25.7 Å². The maximum atomic E-state index is 2.48. The van der Waals surface area contributed by atoms with E-state index in [4.69, 9.17) is 0 Å². The molecule has 0 atom stereocenters. The van der Waals surface area contributed by atoms with Gasteiger partial charge in [-0.05, 0) is 165 Å². The highest BCUT2D eigenvalue weighted by Gasteiger charge is 2.25. The molecule has 11 rings (SSSR count). The van der Waals surface area contributed by atoms with Gasteiger partial charge in [0.2, 0.25) is 0 Å². The van der Waals surface area contributed by atoms with Gasteiger partial charge in [0.05, 0.1) is 0 Å². The number of rotatable bonds is 8. The summed E-state index contributed by atoms with van der Waals surface area (Å²) in [4.78, 5) is 4.77. The standard InChI is InChI=1S/C54H40N2/c1-5-13-43(14-6-1)55(44-15-7-2-8-16-44)47-29-31-49-50-32-30-48(56(45-17-9-3-10-18-45)46-19-11-4-12-20-46)36-52(50)54(42-28-24-38-22-26-40(38)34-42)53(51(49)35-47)41-27-23-37-21-25-39(37)33-41/h1-20,23-24,27-36H,21-22,25-26H2. The van der Waals surface area contributed by atoms with Gasteiger partial charge in [0.25, 0.3) is 0 Å². The number of benzene rings is 9. The van der Waals surface area contributed by atoms with Crippen molar-refractivity contribution in [3.05, 3.63) is 216 Å². The Morgan fingerprint density at radius 1 is 0.250 bits per heavy atom. The van der Waals surface area contributed by atoms with Crippen LogP contribution in [-0.2, 0) is 25.7 Å². The van der Waals surface area contributed by atoms with Crippen LogP contribution in [0.15, 0.2) is 194 Å². The quantitative estimate of drug-likeness (QED) is 0.144. The van der Waals surface area contributed by atoms with Crippen molar-refractivity contribution >= 4 is 55.7 Å². The summed E-state index contributed by atoms with van der Waals surface area (Å²) < 4.78 is 0. The average molecular weight is 717 g/mol. The van der Waals surface area contributed by atoms with Crippen molar-refractivity contribution in [1.29, 1.82) is 0 Å². The summed E-state index contributed by atoms with van der Waals surface area (Å²) >= 11 is 0. The number of hydrogen-bond acceptors (Lipinski definition) is 2. The van der Waals surface area contributed by atoms with Crippen LogP contribution in [0.2, 0.25) is 0 Å². The highest BCUT2D eigenvalue weighted by atomic mass is 15.1. The Labute approximate surface area is 328 Å². The Morgan fingerprint density at radius 3 is 0.893 bits per heavy atom. The third-order valence-electron chi connectivity index (χ3n) is 12.0. The van der Waals surface area contributed by atoms with Crippen LogP contribution in [0.25, 0.3) is 43.8 Å². The molecule has 56 heavy (non-hydrogen) atoms. The second-order valence-corrected chi connectivity index (χ2v) is 15.2. The van der Waals surface area contributed by atoms with Gasteiger partial charge >= 0.3 is 0 Å². The van der Waals surface area contributed by atoms with Gasteiger partial charge in [0, 0.05) is 34.1 Å². The fourth-order valence-electron chi connectivity index (χ4n) is 9.00. The molecule has 0 aromatic heterocycles. The van der Waals surface area contributed by atoms with E-state index in [-0.39, 0.29) is 0 Å². The van der Waals surface area contributed by atoms with E-state index in [1.807, 2.05) is 0 Å². The summed E-state index contributed by atoms with van der Waals surface area (Å²) in [6.07, 6.45) is 4.60. The van der Waals surface area contributed by atoms with Gasteiger partial charge in [-0.3, -0.25) is 0 Å². The number of aryl methyl sites for hydroxylation is 4. The highest BCUT2D eigenvalue weighted by molar-refractivity contribution is 6.23. The van der Waals surface area contributed by atoms with Crippen LogP contribution in [0.4, 0.5) is 34.1 Å². The molecule has 266 valence electrons. The molecule has 0 N–H and O–H groups in total. The van der Waals surface area contributed by atoms with Gasteiger partial charge in [-0.15, -0.1) is 0 Å². The Balaban J connectivity index is 1.24. The van der Waals surface area contributed by atoms with Crippen LogP contribution >= 0.6 is 0 Å². The van der Waals surface area contributed by atoms with Crippen molar-refractivity contribution in [3.8, 4) is 22.3 Å². The molecule has 0 heterocycles. The summed E-state index contributed by atoms with van der Waals surface area (Å²) in [6, 6.07) is 71.7. The fraction of sp³-hybridized carbons (Fsp3) is 0.0741. The number of nitrogens with zero attached hydrogens (tertiary/aromatic N) is 2. The van der Waals surface area contributed by atoms with Gasteiger partial charge < -0.3 is 9.80 Å². The van der Waals surface area contributed by atoms with Gasteiger partial charge in [-0.2, -0.15) is 0 Å². The first-order valence-corrected chi connectivity index (χ1v) is 19.9. The average Bonchev–Trinajstić information content (AvgIpc) is 3.23. The van der Waals surface area contributed by atoms with E-state index in [0.29, 0.717) is 0 Å². The van der Waals surface area contributed by atoms with Gasteiger partial charge in [0.15, 0.2) is 0 Å². The minimum absolute atomic E-state index is 1.13. The first-order chi connectivity index (χ1) is 27.8. The first kappa shape index (κ1) is 32.5. The molecule has 2 nitrogen and oxygen atoms in total. The molecule has 9 aromatic carbocycles. The number of para-hydroxylation sites is 4. The molecule has 0 amide bonds. The van der Waals surface area contributed by atoms with E-state index in [1.54, 1.807) is 0 Å². The molecule has 0 bridgehead atoms. The molecule has 9 aromatic rings. The molecule has 2 aliphatic carbocycles. The molecule has 0 fully saturated rings. The molecule has 2 heteroatoms. The fourth-order valence-corrected chi connectivity index (χ4v) is 9.00. The zero-order valence-electron chi connectivity index (χ0n) is 31.2. The predicted octanol–water partition coefficient (Wildman–Crippen LogP) is 14.5. The van der Waals surface area contributed by atoms with Crippen molar-refractivity contribution in [2.75, 3.05) is 9.80 Å². The SMILES string of the molecule is c1ccc(N(c2ccccc2)c2ccc3c(c2)c(-c2ccc4c(c2)CC4)c(-c2ccc4c(c2)CC4)c2cc(N(c4ccccc4)c4ccccc4)ccc23)cc1. The summed E-state index contributed by atoms with van der Waals surface area (Å²) in [7, 11) is 0. The molecule has 0 spiro atoms. The minimum atomic E-state index is 1.13. The number of fused-ring (bicyclic) bond motifs is 5. The van der Waals surface area contributed by atoms with E-state index < -0.39 is 0 Å². The van der Waals surface area contributed by atoms with E-state index in [1.165, 1.54) is 66.1 Å². The highest BCUT2D eigenvalue weighted by Crippen LogP contribution is 2.49. The summed E-state index contributed by atoms with van der Waals surface area (Å²) in [5, 5.41) is 5.04. The Morgan fingerprint density at radius 2 is 0.589 bits per heavy atom. The maximum absolute atomic E-state index is 2.48. The summed E-state index contributed by atoms with van der Waals surface area (Å²) in [5.41, 5.74) is 17.9. The predicted molar refractivity (Wildman–Crippen MR) is 237 cm³/mol. The third-order valence-corrected chi connectivity index (χ3v) is 12.0. The Bertz CT molecular complexity index is 2620. The summed E-state index contributed by atoms with van der Waals surface area (Å²) in [5.74, 6) is 0. The number of anilines is 6. The lowest BCUT2D eigenvalue weighted by Gasteiger charge is -2.29. The lowest BCUT2D eigenvalue weighted by molar-refractivity contribution is 0.840. The van der Waals surface area contributed by atoms with E-state index in [0.717, 1.165) is 59.8 Å². The second-order valence-electron chi connectivity index (χ2n) is 15.2. The van der Waals surface area contributed by atoms with E-state index in [9.17, 15) is 0 Å². The van der Waals surface area contributed by atoms with Crippen LogP contribution < -0.4 is 9.80 Å². The van der Waals surface area contributed by atoms with Crippen molar-refractivity contribution in [2.24, 2.45) is 0 Å². The molecule has 0 unspecified atom stereocenters. The normalized spacial score (nSPS) is 12.7. The summed E-state index contributed by atoms with van der Waals surface area (Å²) in [6.45, 7) is 0. The Kier molecular flexibility index (Phi) is 7.81. The van der Waals surface area contributed by atoms with E-state index in [2.05, 4.69) is 204 Å². The molecular weight excluding hydrogens is 677 g/mol. The minimum Gasteiger partial charge on any atom is -0.310 e. The zero-order chi connectivity index (χ0) is 37.0. The monoisotopic (exact) mass is 716 g/mol. The van der Waals surface area contributed by atoms with Crippen molar-refractivity contribution < 1.29 is 0 Å². The molecule has 0 saturated heterocycles. The first-order valence-electron chi connectivity index (χ1n) is 19.9. The maximum Gasteiger partial charge on any atom is 0.0468 e. The second kappa shape index (κ2) is 13.4. The van der Waals surface area contributed by atoms with Crippen LogP contribution in [0.5, 0.6) is 0 Å². The largest absolute Gasteiger partial charge is 0.310 e. The zero-order valence-corrected chi connectivity index (χ0v) is 31.2. The molecule has 0 radical (unpaired) electrons. The topological polar surface area (TPSA) is 6.48 Å². The van der Waals surface area contributed by atoms with Crippen molar-refractivity contribution in [3.63, 3.8) is 0 Å². The van der Waals surface area contributed by atoms with Gasteiger partial charge in [-0.25, -0.2) is 0 Å². The van der Waals surface area contributed by atoms with Gasteiger partial charge in [0.1, 0.15) is 0 Å². The Hall–Kier alpha value is -6.90. The third kappa shape index (κ3) is 5.48. The van der Waals surface area contributed by atoms with Crippen LogP contribution in [0.3, 0.4) is 0 Å². The van der Waals surface area contributed by atoms with Gasteiger partial charge in [-0.1, -0.05) is 121 Å². The molecule has 0 saturated carbocycles. The lowest BCUT2D eigenvalue weighted by Crippen LogP contribution is -2.11.